The van der Waals surface area contributed by atoms with Crippen LogP contribution in [-0.2, 0) is 11.2 Å². The number of aliphatic hydroxyl groups excluding tert-OH is 1. The summed E-state index contributed by atoms with van der Waals surface area (Å²) in [5, 5.41) is 20.6. The lowest BCUT2D eigenvalue weighted by atomic mass is 9.95. The van der Waals surface area contributed by atoms with E-state index in [1.54, 1.807) is 41.3 Å². The average molecular weight is 459 g/mol. The molecule has 8 nitrogen and oxygen atoms in total. The molecule has 0 saturated heterocycles. The van der Waals surface area contributed by atoms with Gasteiger partial charge in [-0.15, -0.1) is 0 Å². The van der Waals surface area contributed by atoms with Crippen LogP contribution in [0.4, 0.5) is 11.6 Å². The Kier molecular flexibility index (Phi) is 6.22. The van der Waals surface area contributed by atoms with E-state index in [1.807, 2.05) is 13.0 Å². The fourth-order valence-corrected chi connectivity index (χ4v) is 3.76. The van der Waals surface area contributed by atoms with Gasteiger partial charge in [-0.1, -0.05) is 29.3 Å². The number of hydrogen-bond donors (Lipinski definition) is 3. The van der Waals surface area contributed by atoms with Crippen LogP contribution in [0.3, 0.4) is 0 Å². The zero-order chi connectivity index (χ0) is 22.0. The number of nitrogens with zero attached hydrogens (tertiary/aromatic N) is 4. The average Bonchev–Trinajstić information content (AvgIpc) is 3.16. The summed E-state index contributed by atoms with van der Waals surface area (Å²) in [6.45, 7) is 1.86. The normalized spacial score (nSPS) is 15.4. The van der Waals surface area contributed by atoms with Gasteiger partial charge in [0.15, 0.2) is 5.82 Å². The lowest BCUT2D eigenvalue weighted by Crippen LogP contribution is -2.31. The topological polar surface area (TPSA) is 105 Å². The predicted molar refractivity (Wildman–Crippen MR) is 119 cm³/mol. The Bertz CT molecular complexity index is 1150. The molecular weight excluding hydrogens is 439 g/mol. The van der Waals surface area contributed by atoms with E-state index < -0.39 is 6.04 Å². The Balaban J connectivity index is 1.78. The minimum atomic E-state index is -0.571. The van der Waals surface area contributed by atoms with E-state index in [0.29, 0.717) is 51.6 Å². The summed E-state index contributed by atoms with van der Waals surface area (Å²) in [7, 11) is 0. The molecule has 0 radical (unpaired) electrons. The van der Waals surface area contributed by atoms with Crippen molar-refractivity contribution in [2.75, 3.05) is 17.2 Å². The van der Waals surface area contributed by atoms with Crippen LogP contribution in [0.15, 0.2) is 54.0 Å². The number of pyridine rings is 1. The second-order valence-corrected chi connectivity index (χ2v) is 7.87. The van der Waals surface area contributed by atoms with Gasteiger partial charge >= 0.3 is 0 Å². The molecule has 4 rings (SSSR count). The minimum Gasteiger partial charge on any atom is -0.396 e. The highest BCUT2D eigenvalue weighted by molar-refractivity contribution is 6.42. The number of nitrogens with one attached hydrogen (secondary N) is 2. The summed E-state index contributed by atoms with van der Waals surface area (Å²) in [6.07, 6.45) is 4.27. The standard InChI is InChI=1S/C21H20Cl2N6O2/c1-12-18(20(31)26-14-4-2-8-24-11-14)19(13-6-7-15(22)16(23)10-13)29-21(25-12)27-17(28-29)5-3-9-30/h2,4,6-8,10-11,19,30H,3,5,9H2,1H3,(H,26,31)(H,25,27,28). The molecule has 1 aromatic carbocycles. The van der Waals surface area contributed by atoms with Crippen LogP contribution in [0.2, 0.25) is 10.0 Å². The first-order valence-corrected chi connectivity index (χ1v) is 10.4. The molecule has 1 atom stereocenters. The van der Waals surface area contributed by atoms with Crippen molar-refractivity contribution in [3.63, 3.8) is 0 Å². The maximum absolute atomic E-state index is 13.3. The van der Waals surface area contributed by atoms with Gasteiger partial charge < -0.3 is 15.7 Å². The summed E-state index contributed by atoms with van der Waals surface area (Å²) in [6, 6.07) is 8.17. The maximum Gasteiger partial charge on any atom is 0.255 e. The third-order valence-corrected chi connectivity index (χ3v) is 5.62. The van der Waals surface area contributed by atoms with Gasteiger partial charge in [-0.25, -0.2) is 4.68 Å². The summed E-state index contributed by atoms with van der Waals surface area (Å²) in [5.74, 6) is 0.787. The highest BCUT2D eigenvalue weighted by Crippen LogP contribution is 2.37. The molecule has 160 valence electrons. The molecular formula is C21H20Cl2N6O2. The lowest BCUT2D eigenvalue weighted by molar-refractivity contribution is -0.113. The number of aryl methyl sites for hydroxylation is 1. The fourth-order valence-electron chi connectivity index (χ4n) is 3.46. The number of carbonyl (C=O) groups is 1. The van der Waals surface area contributed by atoms with Gasteiger partial charge in [0.2, 0.25) is 5.95 Å². The maximum atomic E-state index is 13.3. The summed E-state index contributed by atoms with van der Waals surface area (Å²) in [5.41, 5.74) is 2.43. The number of benzene rings is 1. The van der Waals surface area contributed by atoms with Crippen LogP contribution in [0.5, 0.6) is 0 Å². The number of rotatable bonds is 6. The van der Waals surface area contributed by atoms with Gasteiger partial charge in [0.1, 0.15) is 6.04 Å². The molecule has 1 aliphatic heterocycles. The number of allylic oxidation sites excluding steroid dienone is 1. The number of carbonyl (C=O) groups excluding carboxylic acids is 1. The zero-order valence-corrected chi connectivity index (χ0v) is 18.2. The molecule has 1 unspecified atom stereocenters. The monoisotopic (exact) mass is 458 g/mol. The molecule has 10 heteroatoms. The van der Waals surface area contributed by atoms with Crippen molar-refractivity contribution in [1.29, 1.82) is 0 Å². The molecule has 2 aromatic heterocycles. The highest BCUT2D eigenvalue weighted by atomic mass is 35.5. The van der Waals surface area contributed by atoms with Gasteiger partial charge in [-0.3, -0.25) is 9.78 Å². The van der Waals surface area contributed by atoms with Crippen molar-refractivity contribution in [2.45, 2.75) is 25.8 Å². The highest BCUT2D eigenvalue weighted by Gasteiger charge is 2.34. The number of aromatic nitrogens is 4. The van der Waals surface area contributed by atoms with E-state index in [0.717, 1.165) is 5.56 Å². The first-order chi connectivity index (χ1) is 15.0. The molecule has 3 aromatic rings. The third-order valence-electron chi connectivity index (χ3n) is 4.88. The van der Waals surface area contributed by atoms with E-state index in [1.165, 1.54) is 0 Å². The van der Waals surface area contributed by atoms with Crippen LogP contribution in [-0.4, -0.2) is 37.4 Å². The Labute approximate surface area is 188 Å². The lowest BCUT2D eigenvalue weighted by Gasteiger charge is -2.28. The summed E-state index contributed by atoms with van der Waals surface area (Å²) >= 11 is 12.4. The van der Waals surface area contributed by atoms with E-state index in [9.17, 15) is 4.79 Å². The molecule has 0 aliphatic carbocycles. The van der Waals surface area contributed by atoms with Gasteiger partial charge in [0.05, 0.1) is 27.5 Å². The Hall–Kier alpha value is -2.94. The Morgan fingerprint density at radius 1 is 1.29 bits per heavy atom. The van der Waals surface area contributed by atoms with Crippen LogP contribution in [0.1, 0.15) is 30.8 Å². The number of aliphatic hydroxyl groups is 1. The Morgan fingerprint density at radius 3 is 2.84 bits per heavy atom. The van der Waals surface area contributed by atoms with Gasteiger partial charge in [-0.05, 0) is 43.2 Å². The van der Waals surface area contributed by atoms with Crippen LogP contribution < -0.4 is 10.6 Å². The number of anilines is 2. The Morgan fingerprint density at radius 2 is 2.13 bits per heavy atom. The SMILES string of the molecule is CC1=C(C(=O)Nc2cccnc2)C(c2ccc(Cl)c(Cl)c2)n2nc(CCCO)nc2N1. The first-order valence-electron chi connectivity index (χ1n) is 9.68. The van der Waals surface area contributed by atoms with E-state index in [4.69, 9.17) is 28.3 Å². The first kappa shape index (κ1) is 21.3. The second kappa shape index (κ2) is 9.05. The summed E-state index contributed by atoms with van der Waals surface area (Å²) < 4.78 is 1.66. The van der Waals surface area contributed by atoms with Crippen molar-refractivity contribution in [3.8, 4) is 0 Å². The molecule has 1 aliphatic rings. The van der Waals surface area contributed by atoms with Crippen molar-refractivity contribution < 1.29 is 9.90 Å². The molecule has 1 amide bonds. The number of halogens is 2. The summed E-state index contributed by atoms with van der Waals surface area (Å²) in [4.78, 5) is 21.9. The number of hydrogen-bond acceptors (Lipinski definition) is 6. The van der Waals surface area contributed by atoms with E-state index in [2.05, 4.69) is 25.7 Å². The van der Waals surface area contributed by atoms with Crippen LogP contribution >= 0.6 is 23.2 Å². The van der Waals surface area contributed by atoms with Gasteiger partial charge in [0, 0.05) is 24.9 Å². The minimum absolute atomic E-state index is 0.0452. The molecule has 3 N–H and O–H groups in total. The zero-order valence-electron chi connectivity index (χ0n) is 16.6. The van der Waals surface area contributed by atoms with Crippen molar-refractivity contribution in [2.24, 2.45) is 0 Å². The quantitative estimate of drug-likeness (QED) is 0.518. The van der Waals surface area contributed by atoms with Crippen LogP contribution in [0.25, 0.3) is 0 Å². The van der Waals surface area contributed by atoms with Gasteiger partial charge in [0.25, 0.3) is 5.91 Å². The largest absolute Gasteiger partial charge is 0.396 e. The number of fused-ring (bicyclic) bond motifs is 1. The van der Waals surface area contributed by atoms with Crippen molar-refractivity contribution >= 4 is 40.7 Å². The molecule has 3 heterocycles. The number of amides is 1. The van der Waals surface area contributed by atoms with Crippen LogP contribution in [0, 0.1) is 0 Å². The fraction of sp³-hybridized carbons (Fsp3) is 0.238. The van der Waals surface area contributed by atoms with Gasteiger partial charge in [-0.2, -0.15) is 10.1 Å². The molecule has 31 heavy (non-hydrogen) atoms. The predicted octanol–water partition coefficient (Wildman–Crippen LogP) is 3.83. The smallest absolute Gasteiger partial charge is 0.255 e. The molecule has 0 spiro atoms. The molecule has 0 saturated carbocycles. The van der Waals surface area contributed by atoms with E-state index >= 15 is 0 Å². The molecule has 0 bridgehead atoms. The second-order valence-electron chi connectivity index (χ2n) is 7.06. The van der Waals surface area contributed by atoms with Crippen molar-refractivity contribution in [3.05, 3.63) is 75.4 Å². The third kappa shape index (κ3) is 4.41. The van der Waals surface area contributed by atoms with Crippen molar-refractivity contribution in [1.82, 2.24) is 19.7 Å². The molecule has 0 fully saturated rings. The van der Waals surface area contributed by atoms with E-state index in [-0.39, 0.29) is 12.5 Å².